The fourth-order valence-electron chi connectivity index (χ4n) is 3.76. The van der Waals surface area contributed by atoms with Crippen LogP contribution < -0.4 is 10.0 Å². The number of fused-ring (bicyclic) bond motifs is 1. The van der Waals surface area contributed by atoms with Gasteiger partial charge in [-0.1, -0.05) is 18.2 Å². The van der Waals surface area contributed by atoms with E-state index in [1.54, 1.807) is 0 Å². The summed E-state index contributed by atoms with van der Waals surface area (Å²) < 4.78 is 34.7. The van der Waals surface area contributed by atoms with Gasteiger partial charge in [-0.05, 0) is 31.0 Å². The Balaban J connectivity index is 1.56. The summed E-state index contributed by atoms with van der Waals surface area (Å²) in [4.78, 5) is 8.74. The highest BCUT2D eigenvalue weighted by Crippen LogP contribution is 2.37. The number of rotatable bonds is 6. The van der Waals surface area contributed by atoms with Crippen molar-refractivity contribution in [3.8, 4) is 0 Å². The Kier molecular flexibility index (Phi) is 5.02. The van der Waals surface area contributed by atoms with E-state index in [1.807, 2.05) is 47.2 Å². The third kappa shape index (κ3) is 3.99. The first-order valence-corrected chi connectivity index (χ1v) is 10.4. The number of aliphatic hydroxyl groups is 1. The lowest BCUT2D eigenvalue weighted by Crippen LogP contribution is -2.31. The minimum absolute atomic E-state index is 0.00843. The lowest BCUT2D eigenvalue weighted by molar-refractivity contribution is 0.133. The predicted octanol–water partition coefficient (Wildman–Crippen LogP) is 1.88. The smallest absolute Gasteiger partial charge is 0.333 e. The molecule has 4 rings (SSSR count). The van der Waals surface area contributed by atoms with E-state index < -0.39 is 16.4 Å². The Labute approximate surface area is 162 Å². The highest BCUT2D eigenvalue weighted by atomic mass is 32.2. The maximum absolute atomic E-state index is 10.9. The largest absolute Gasteiger partial charge is 0.393 e. The molecule has 2 aromatic heterocycles. The number of anilines is 2. The van der Waals surface area contributed by atoms with Crippen LogP contribution in [0, 0.1) is 5.92 Å². The third-order valence-corrected chi connectivity index (χ3v) is 5.63. The van der Waals surface area contributed by atoms with Gasteiger partial charge in [-0.15, -0.1) is 0 Å². The molecular formula is C18H21N5O4S. The number of hydrogen-bond acceptors (Lipinski definition) is 6. The number of aromatic nitrogens is 3. The molecule has 0 amide bonds. The summed E-state index contributed by atoms with van der Waals surface area (Å²) in [7, 11) is -4.27. The number of aliphatic hydroxyl groups excluding tert-OH is 1. The molecule has 0 unspecified atom stereocenters. The highest BCUT2D eigenvalue weighted by molar-refractivity contribution is 7.83. The minimum Gasteiger partial charge on any atom is -0.393 e. The second-order valence-electron chi connectivity index (χ2n) is 6.95. The Morgan fingerprint density at radius 1 is 1.14 bits per heavy atom. The van der Waals surface area contributed by atoms with Crippen molar-refractivity contribution in [3.63, 3.8) is 0 Å². The van der Waals surface area contributed by atoms with Gasteiger partial charge in [-0.3, -0.25) is 4.55 Å². The molecule has 148 valence electrons. The van der Waals surface area contributed by atoms with Crippen LogP contribution in [-0.4, -0.2) is 45.3 Å². The zero-order valence-electron chi connectivity index (χ0n) is 14.9. The van der Waals surface area contributed by atoms with Gasteiger partial charge in [0.1, 0.15) is 17.8 Å². The number of hydrogen-bond donors (Lipinski definition) is 4. The van der Waals surface area contributed by atoms with Crippen molar-refractivity contribution in [2.75, 3.05) is 11.9 Å². The molecule has 1 aliphatic carbocycles. The van der Waals surface area contributed by atoms with E-state index in [-0.39, 0.29) is 18.5 Å². The van der Waals surface area contributed by atoms with Crippen LogP contribution in [0.2, 0.25) is 0 Å². The Hall–Kier alpha value is -2.53. The van der Waals surface area contributed by atoms with E-state index in [4.69, 9.17) is 4.55 Å². The zero-order valence-corrected chi connectivity index (χ0v) is 15.7. The van der Waals surface area contributed by atoms with Crippen molar-refractivity contribution in [3.05, 3.63) is 48.9 Å². The van der Waals surface area contributed by atoms with E-state index in [9.17, 15) is 13.5 Å². The molecular weight excluding hydrogens is 382 g/mol. The monoisotopic (exact) mass is 403 g/mol. The lowest BCUT2D eigenvalue weighted by atomic mass is 10.1. The molecule has 9 nitrogen and oxygen atoms in total. The zero-order chi connectivity index (χ0) is 19.7. The van der Waals surface area contributed by atoms with Crippen molar-refractivity contribution in [2.45, 2.75) is 25.0 Å². The van der Waals surface area contributed by atoms with Crippen molar-refractivity contribution in [1.82, 2.24) is 19.3 Å². The summed E-state index contributed by atoms with van der Waals surface area (Å²) in [5.74, 6) is 0.409. The summed E-state index contributed by atoms with van der Waals surface area (Å²) >= 11 is 0. The maximum atomic E-state index is 10.9. The molecule has 4 N–H and O–H groups in total. The number of nitrogens with one attached hydrogen (secondary N) is 2. The summed E-state index contributed by atoms with van der Waals surface area (Å²) in [5, 5.41) is 14.5. The fourth-order valence-corrected chi connectivity index (χ4v) is 4.18. The molecule has 28 heavy (non-hydrogen) atoms. The van der Waals surface area contributed by atoms with Gasteiger partial charge in [0.25, 0.3) is 0 Å². The maximum Gasteiger partial charge on any atom is 0.333 e. The number of para-hydroxylation sites is 1. The van der Waals surface area contributed by atoms with Gasteiger partial charge >= 0.3 is 10.3 Å². The quantitative estimate of drug-likeness (QED) is 0.462. The summed E-state index contributed by atoms with van der Waals surface area (Å²) in [6, 6.07) is 11.6. The van der Waals surface area contributed by atoms with Gasteiger partial charge in [0.2, 0.25) is 0 Å². The standard InChI is InChI=1S/C18H21N5O4S/c24-16-9-14(8-12(16)10-21-28(25,26)27)23-7-6-15-17(19-11-20-18(15)23)22-13-4-2-1-3-5-13/h1-7,11-12,14,16,21,24H,8-10H2,(H,19,20,22)(H,25,26,27)/t12-,14+,16-/m0/s1. The molecule has 1 aliphatic rings. The molecule has 1 saturated carbocycles. The van der Waals surface area contributed by atoms with Crippen molar-refractivity contribution in [1.29, 1.82) is 0 Å². The van der Waals surface area contributed by atoms with Crippen LogP contribution in [0.4, 0.5) is 11.5 Å². The first-order valence-electron chi connectivity index (χ1n) is 8.94. The van der Waals surface area contributed by atoms with Crippen LogP contribution in [-0.2, 0) is 10.3 Å². The fraction of sp³-hybridized carbons (Fsp3) is 0.333. The topological polar surface area (TPSA) is 129 Å². The van der Waals surface area contributed by atoms with E-state index in [2.05, 4.69) is 20.0 Å². The van der Waals surface area contributed by atoms with E-state index in [1.165, 1.54) is 6.33 Å². The SMILES string of the molecule is O=S(=O)(O)NC[C@@H]1C[C@@H](n2ccc3c(Nc4ccccc4)ncnc32)C[C@@H]1O. The van der Waals surface area contributed by atoms with E-state index in [0.717, 1.165) is 16.7 Å². The second-order valence-corrected chi connectivity index (χ2v) is 8.19. The van der Waals surface area contributed by atoms with Crippen LogP contribution >= 0.6 is 0 Å². The molecule has 0 bridgehead atoms. The average molecular weight is 403 g/mol. The van der Waals surface area contributed by atoms with Gasteiger partial charge in [-0.2, -0.15) is 13.1 Å². The van der Waals surface area contributed by atoms with Crippen LogP contribution in [0.1, 0.15) is 18.9 Å². The third-order valence-electron chi connectivity index (χ3n) is 5.10. The van der Waals surface area contributed by atoms with Gasteiger partial charge in [0.05, 0.1) is 11.5 Å². The molecule has 0 radical (unpaired) electrons. The van der Waals surface area contributed by atoms with Gasteiger partial charge in [-0.25, -0.2) is 9.97 Å². The van der Waals surface area contributed by atoms with Crippen molar-refractivity contribution < 1.29 is 18.1 Å². The normalized spacial score (nSPS) is 22.6. The minimum atomic E-state index is -4.27. The van der Waals surface area contributed by atoms with E-state index in [0.29, 0.717) is 18.7 Å². The molecule has 3 aromatic rings. The molecule has 10 heteroatoms. The Morgan fingerprint density at radius 2 is 1.93 bits per heavy atom. The molecule has 0 aliphatic heterocycles. The van der Waals surface area contributed by atoms with Gasteiger partial charge < -0.3 is 15.0 Å². The Bertz CT molecular complexity index is 1070. The van der Waals surface area contributed by atoms with Gasteiger partial charge in [0, 0.05) is 30.4 Å². The first-order chi connectivity index (χ1) is 13.4. The summed E-state index contributed by atoms with van der Waals surface area (Å²) in [6.07, 6.45) is 3.78. The van der Waals surface area contributed by atoms with Crippen LogP contribution in [0.25, 0.3) is 11.0 Å². The molecule has 0 spiro atoms. The number of benzene rings is 1. The summed E-state index contributed by atoms with van der Waals surface area (Å²) in [6.45, 7) is -0.00843. The average Bonchev–Trinajstić information content (AvgIpc) is 3.24. The van der Waals surface area contributed by atoms with Crippen molar-refractivity contribution in [2.24, 2.45) is 5.92 Å². The molecule has 2 heterocycles. The lowest BCUT2D eigenvalue weighted by Gasteiger charge is -2.14. The molecule has 3 atom stereocenters. The molecule has 0 saturated heterocycles. The van der Waals surface area contributed by atoms with E-state index >= 15 is 0 Å². The molecule has 1 aromatic carbocycles. The van der Waals surface area contributed by atoms with Crippen LogP contribution in [0.3, 0.4) is 0 Å². The highest BCUT2D eigenvalue weighted by Gasteiger charge is 2.35. The Morgan fingerprint density at radius 3 is 2.68 bits per heavy atom. The first kappa shape index (κ1) is 18.8. The van der Waals surface area contributed by atoms with Crippen LogP contribution in [0.15, 0.2) is 48.9 Å². The second kappa shape index (κ2) is 7.47. The number of nitrogens with zero attached hydrogens (tertiary/aromatic N) is 3. The van der Waals surface area contributed by atoms with Crippen molar-refractivity contribution >= 4 is 32.8 Å². The predicted molar refractivity (Wildman–Crippen MR) is 105 cm³/mol. The summed E-state index contributed by atoms with van der Waals surface area (Å²) in [5.41, 5.74) is 1.66. The van der Waals surface area contributed by atoms with Crippen LogP contribution in [0.5, 0.6) is 0 Å². The molecule has 1 fully saturated rings. The van der Waals surface area contributed by atoms with Gasteiger partial charge in [0.15, 0.2) is 0 Å².